The second kappa shape index (κ2) is 16.8. The van der Waals surface area contributed by atoms with Gasteiger partial charge in [0.15, 0.2) is 0 Å². The van der Waals surface area contributed by atoms with Crippen molar-refractivity contribution in [3.63, 3.8) is 0 Å². The molecule has 2 unspecified atom stereocenters. The molecule has 4 aliphatic rings. The molecule has 0 saturated carbocycles. The molecule has 5 rings (SSSR count). The highest BCUT2D eigenvalue weighted by Crippen LogP contribution is 2.38. The number of amidine groups is 1. The van der Waals surface area contributed by atoms with E-state index in [9.17, 15) is 23.8 Å². The number of halogens is 2. The standard InChI is InChI=1S/C36H54F2N8O2/c1-24(47)45-18-12-32(43-28-10-16-44(17-11-28)34(48)7-3-5-25-8-13-42-14-9-25)31(23-45)36(40)46-15-4-6-26-19-29(27(21-39)22-41-2)30(35(37)38)20-33(26)46/h19-22,25,28,31-32,35,40,42-43H,3-18,23,39H2,1-2H3. The molecule has 0 radical (unpaired) electrons. The fourth-order valence-corrected chi connectivity index (χ4v) is 8.05. The van der Waals surface area contributed by atoms with Crippen LogP contribution in [0, 0.1) is 17.2 Å². The predicted octanol–water partition coefficient (Wildman–Crippen LogP) is 4.34. The van der Waals surface area contributed by atoms with Gasteiger partial charge in [-0.05, 0) is 100 Å². The van der Waals surface area contributed by atoms with E-state index in [1.165, 1.54) is 31.3 Å². The number of likely N-dealkylation sites (tertiary alicyclic amines) is 2. The molecule has 0 bridgehead atoms. The van der Waals surface area contributed by atoms with Crippen LogP contribution in [0.2, 0.25) is 0 Å². The number of allylic oxidation sites excluding steroid dienone is 1. The first kappa shape index (κ1) is 35.9. The van der Waals surface area contributed by atoms with E-state index in [1.54, 1.807) is 24.9 Å². The summed E-state index contributed by atoms with van der Waals surface area (Å²) in [5.74, 6) is 1.01. The summed E-state index contributed by atoms with van der Waals surface area (Å²) in [5, 5.41) is 16.7. The number of piperidine rings is 3. The van der Waals surface area contributed by atoms with Crippen molar-refractivity contribution in [2.24, 2.45) is 22.6 Å². The van der Waals surface area contributed by atoms with E-state index >= 15 is 0 Å². The zero-order chi connectivity index (χ0) is 34.2. The van der Waals surface area contributed by atoms with Crippen LogP contribution >= 0.6 is 0 Å². The summed E-state index contributed by atoms with van der Waals surface area (Å²) in [7, 11) is 1.58. The fraction of sp³-hybridized carbons (Fsp3) is 0.667. The van der Waals surface area contributed by atoms with Crippen molar-refractivity contribution in [3.05, 3.63) is 35.0 Å². The molecular formula is C36H54F2N8O2. The second-order valence-electron chi connectivity index (χ2n) is 13.9. The van der Waals surface area contributed by atoms with Crippen molar-refractivity contribution in [1.29, 1.82) is 5.41 Å². The number of nitrogens with zero attached hydrogens (tertiary/aromatic N) is 4. The number of benzene rings is 1. The number of anilines is 1. The largest absolute Gasteiger partial charge is 0.404 e. The van der Waals surface area contributed by atoms with Gasteiger partial charge in [0.1, 0.15) is 5.84 Å². The molecule has 1 aromatic carbocycles. The van der Waals surface area contributed by atoms with Crippen LogP contribution in [-0.2, 0) is 16.0 Å². The van der Waals surface area contributed by atoms with Gasteiger partial charge in [-0.25, -0.2) is 8.78 Å². The molecule has 4 heterocycles. The Morgan fingerprint density at radius 2 is 1.83 bits per heavy atom. The van der Waals surface area contributed by atoms with Gasteiger partial charge in [-0.1, -0.05) is 0 Å². The third kappa shape index (κ3) is 8.61. The van der Waals surface area contributed by atoms with Gasteiger partial charge >= 0.3 is 0 Å². The maximum atomic E-state index is 14.4. The van der Waals surface area contributed by atoms with Crippen LogP contribution in [0.5, 0.6) is 0 Å². The first-order chi connectivity index (χ1) is 23.2. The molecule has 264 valence electrons. The lowest BCUT2D eigenvalue weighted by Crippen LogP contribution is -2.59. The lowest BCUT2D eigenvalue weighted by Gasteiger charge is -2.45. The number of carbonyl (C=O) groups is 2. The number of hydrogen-bond acceptors (Lipinski definition) is 7. The normalized spacial score (nSPS) is 23.2. The number of aryl methyl sites for hydroxylation is 1. The third-order valence-electron chi connectivity index (χ3n) is 10.8. The molecule has 3 fully saturated rings. The van der Waals surface area contributed by atoms with Crippen molar-refractivity contribution >= 4 is 35.1 Å². The molecule has 12 heteroatoms. The quantitative estimate of drug-likeness (QED) is 0.217. The minimum absolute atomic E-state index is 0.0272. The molecule has 0 spiro atoms. The molecule has 0 aliphatic carbocycles. The van der Waals surface area contributed by atoms with Crippen LogP contribution < -0.4 is 21.3 Å². The fourth-order valence-electron chi connectivity index (χ4n) is 8.05. The number of rotatable bonds is 10. The van der Waals surface area contributed by atoms with Gasteiger partial charge in [0, 0.05) is 100 Å². The lowest BCUT2D eigenvalue weighted by atomic mass is 9.86. The molecule has 3 saturated heterocycles. The number of amides is 2. The summed E-state index contributed by atoms with van der Waals surface area (Å²) < 4.78 is 28.9. The highest BCUT2D eigenvalue weighted by molar-refractivity contribution is 6.10. The Hall–Kier alpha value is -3.38. The molecular weight excluding hydrogens is 614 g/mol. The van der Waals surface area contributed by atoms with E-state index < -0.39 is 6.43 Å². The minimum Gasteiger partial charge on any atom is -0.404 e. The summed E-state index contributed by atoms with van der Waals surface area (Å²) in [5.41, 5.74) is 7.98. The number of aliphatic imine (C=N–C) groups is 1. The van der Waals surface area contributed by atoms with Crippen LogP contribution in [0.25, 0.3) is 5.57 Å². The summed E-state index contributed by atoms with van der Waals surface area (Å²) in [6, 6.07) is 3.45. The summed E-state index contributed by atoms with van der Waals surface area (Å²) in [6.07, 6.45) is 9.05. The van der Waals surface area contributed by atoms with Crippen LogP contribution in [0.3, 0.4) is 0 Å². The van der Waals surface area contributed by atoms with Gasteiger partial charge in [0.25, 0.3) is 6.43 Å². The smallest absolute Gasteiger partial charge is 0.264 e. The van der Waals surface area contributed by atoms with Crippen molar-refractivity contribution in [2.75, 3.05) is 57.8 Å². The molecule has 0 aromatic heterocycles. The first-order valence-electron chi connectivity index (χ1n) is 17.9. The van der Waals surface area contributed by atoms with Crippen LogP contribution in [0.1, 0.15) is 87.8 Å². The van der Waals surface area contributed by atoms with Gasteiger partial charge < -0.3 is 31.1 Å². The zero-order valence-corrected chi connectivity index (χ0v) is 28.7. The van der Waals surface area contributed by atoms with Gasteiger partial charge in [0.2, 0.25) is 11.8 Å². The van der Waals surface area contributed by atoms with E-state index in [0.29, 0.717) is 61.6 Å². The van der Waals surface area contributed by atoms with Crippen molar-refractivity contribution in [1.82, 2.24) is 20.4 Å². The predicted molar refractivity (Wildman–Crippen MR) is 188 cm³/mol. The molecule has 5 N–H and O–H groups in total. The third-order valence-corrected chi connectivity index (χ3v) is 10.8. The van der Waals surface area contributed by atoms with Crippen LogP contribution in [0.4, 0.5) is 14.5 Å². The van der Waals surface area contributed by atoms with E-state index in [0.717, 1.165) is 69.8 Å². The monoisotopic (exact) mass is 668 g/mol. The Bertz CT molecular complexity index is 1350. The molecule has 2 amide bonds. The number of hydrogen-bond donors (Lipinski definition) is 4. The highest BCUT2D eigenvalue weighted by atomic mass is 19.3. The SMILES string of the molecule is CN=CC(=CN)c1cc2c(cc1C(F)F)N(C(=N)C1CN(C(C)=O)CCC1NC1CCN(C(=O)CCCC3CCNCC3)CC1)CCC2. The number of fused-ring (bicyclic) bond motifs is 1. The Morgan fingerprint density at radius 3 is 2.50 bits per heavy atom. The summed E-state index contributed by atoms with van der Waals surface area (Å²) in [4.78, 5) is 35.1. The number of nitrogens with one attached hydrogen (secondary N) is 3. The lowest BCUT2D eigenvalue weighted by molar-refractivity contribution is -0.132. The first-order valence-corrected chi connectivity index (χ1v) is 17.9. The zero-order valence-electron chi connectivity index (χ0n) is 28.7. The Morgan fingerprint density at radius 1 is 1.10 bits per heavy atom. The van der Waals surface area contributed by atoms with Gasteiger partial charge in [-0.3, -0.25) is 20.0 Å². The molecule has 1 aromatic rings. The molecule has 4 aliphatic heterocycles. The van der Waals surface area contributed by atoms with E-state index in [2.05, 4.69) is 15.6 Å². The van der Waals surface area contributed by atoms with Gasteiger partial charge in [-0.2, -0.15) is 0 Å². The van der Waals surface area contributed by atoms with Crippen LogP contribution in [-0.4, -0.2) is 98.6 Å². The topological polar surface area (TPSA) is 130 Å². The highest BCUT2D eigenvalue weighted by Gasteiger charge is 2.38. The molecule has 48 heavy (non-hydrogen) atoms. The summed E-state index contributed by atoms with van der Waals surface area (Å²) in [6.45, 7) is 6.72. The Kier molecular flexibility index (Phi) is 12.6. The van der Waals surface area contributed by atoms with E-state index in [-0.39, 0.29) is 35.4 Å². The second-order valence-corrected chi connectivity index (χ2v) is 13.9. The minimum atomic E-state index is -2.73. The number of carbonyl (C=O) groups excluding carboxylic acids is 2. The average molecular weight is 669 g/mol. The number of alkyl halides is 2. The van der Waals surface area contributed by atoms with Crippen LogP contribution in [0.15, 0.2) is 23.3 Å². The average Bonchev–Trinajstić information content (AvgIpc) is 3.10. The Labute approximate surface area is 284 Å². The van der Waals surface area contributed by atoms with Crippen molar-refractivity contribution in [3.8, 4) is 0 Å². The van der Waals surface area contributed by atoms with E-state index in [1.807, 2.05) is 9.80 Å². The van der Waals surface area contributed by atoms with Gasteiger partial charge in [-0.15, -0.1) is 0 Å². The van der Waals surface area contributed by atoms with E-state index in [4.69, 9.17) is 5.73 Å². The maximum Gasteiger partial charge on any atom is 0.264 e. The Balaban J connectivity index is 1.26. The maximum absolute atomic E-state index is 14.4. The van der Waals surface area contributed by atoms with Crippen molar-refractivity contribution < 1.29 is 18.4 Å². The number of nitrogens with two attached hydrogens (primary N) is 1. The molecule has 10 nitrogen and oxygen atoms in total. The summed E-state index contributed by atoms with van der Waals surface area (Å²) >= 11 is 0. The van der Waals surface area contributed by atoms with Gasteiger partial charge in [0.05, 0.1) is 0 Å². The van der Waals surface area contributed by atoms with Crippen molar-refractivity contribution in [2.45, 2.75) is 89.6 Å². The molecule has 2 atom stereocenters.